The Morgan fingerprint density at radius 3 is 2.94 bits per heavy atom. The minimum absolute atomic E-state index is 0.753. The van der Waals surface area contributed by atoms with Gasteiger partial charge in [-0.05, 0) is 58.5 Å². The van der Waals surface area contributed by atoms with Crippen molar-refractivity contribution in [3.05, 3.63) is 51.7 Å². The van der Waals surface area contributed by atoms with Gasteiger partial charge in [-0.2, -0.15) is 11.3 Å². The van der Waals surface area contributed by atoms with Gasteiger partial charge in [-0.15, -0.1) is 0 Å². The quantitative estimate of drug-likeness (QED) is 0.741. The van der Waals surface area contributed by atoms with Crippen molar-refractivity contribution >= 4 is 17.0 Å². The summed E-state index contributed by atoms with van der Waals surface area (Å²) >= 11 is 1.62. The molecular formula is C13H13NOS. The third-order valence-electron chi connectivity index (χ3n) is 3.33. The average molecular weight is 231 g/mol. The van der Waals surface area contributed by atoms with Crippen LogP contribution >= 0.6 is 11.3 Å². The van der Waals surface area contributed by atoms with E-state index < -0.39 is 5.60 Å². The Labute approximate surface area is 98.4 Å². The van der Waals surface area contributed by atoms with Crippen LogP contribution in [0.3, 0.4) is 0 Å². The highest BCUT2D eigenvalue weighted by Crippen LogP contribution is 2.43. The summed E-state index contributed by atoms with van der Waals surface area (Å²) < 4.78 is 0. The fourth-order valence-electron chi connectivity index (χ4n) is 2.47. The molecule has 0 amide bonds. The van der Waals surface area contributed by atoms with Gasteiger partial charge in [-0.1, -0.05) is 6.07 Å². The number of hydrogen-bond donors (Lipinski definition) is 2. The van der Waals surface area contributed by atoms with E-state index in [1.807, 2.05) is 35.0 Å². The van der Waals surface area contributed by atoms with Crippen molar-refractivity contribution in [2.45, 2.75) is 18.4 Å². The van der Waals surface area contributed by atoms with Crippen molar-refractivity contribution in [2.24, 2.45) is 0 Å². The molecule has 82 valence electrons. The predicted octanol–water partition coefficient (Wildman–Crippen LogP) is 2.51. The van der Waals surface area contributed by atoms with Crippen LogP contribution in [0.2, 0.25) is 0 Å². The Morgan fingerprint density at radius 2 is 2.19 bits per heavy atom. The molecule has 0 spiro atoms. The minimum Gasteiger partial charge on any atom is -0.399 e. The van der Waals surface area contributed by atoms with Crippen molar-refractivity contribution in [3.63, 3.8) is 0 Å². The number of anilines is 1. The fourth-order valence-corrected chi connectivity index (χ4v) is 3.20. The van der Waals surface area contributed by atoms with Crippen LogP contribution in [-0.2, 0) is 12.0 Å². The van der Waals surface area contributed by atoms with Crippen LogP contribution in [0, 0.1) is 0 Å². The Hall–Kier alpha value is -1.32. The average Bonchev–Trinajstić information content (AvgIpc) is 2.87. The molecule has 0 saturated carbocycles. The van der Waals surface area contributed by atoms with Gasteiger partial charge >= 0.3 is 0 Å². The number of aryl methyl sites for hydroxylation is 1. The van der Waals surface area contributed by atoms with Gasteiger partial charge in [-0.25, -0.2) is 0 Å². The first-order chi connectivity index (χ1) is 7.70. The number of rotatable bonds is 1. The Kier molecular flexibility index (Phi) is 2.06. The number of nitrogen functional groups attached to an aromatic ring is 1. The molecule has 0 bridgehead atoms. The van der Waals surface area contributed by atoms with Gasteiger partial charge in [0.05, 0.1) is 0 Å². The van der Waals surface area contributed by atoms with Gasteiger partial charge in [0.2, 0.25) is 0 Å². The molecule has 0 saturated heterocycles. The molecule has 3 heteroatoms. The molecule has 1 heterocycles. The van der Waals surface area contributed by atoms with Crippen molar-refractivity contribution in [3.8, 4) is 0 Å². The maximum Gasteiger partial charge on any atom is 0.116 e. The first kappa shape index (κ1) is 9.87. The zero-order chi connectivity index (χ0) is 11.2. The standard InChI is InChI=1S/C13H13NOS/c14-11-1-2-12-9(7-11)3-5-13(12,15)10-4-6-16-8-10/h1-2,4,6-8,15H,3,5,14H2. The molecule has 0 radical (unpaired) electrons. The van der Waals surface area contributed by atoms with Crippen LogP contribution in [0.25, 0.3) is 0 Å². The molecule has 0 aliphatic heterocycles. The maximum atomic E-state index is 10.8. The largest absolute Gasteiger partial charge is 0.399 e. The third-order valence-corrected chi connectivity index (χ3v) is 4.01. The first-order valence-corrected chi connectivity index (χ1v) is 6.28. The number of thiophene rings is 1. The topological polar surface area (TPSA) is 46.2 Å². The zero-order valence-electron chi connectivity index (χ0n) is 8.81. The smallest absolute Gasteiger partial charge is 0.116 e. The van der Waals surface area contributed by atoms with Gasteiger partial charge in [0, 0.05) is 5.69 Å². The highest BCUT2D eigenvalue weighted by Gasteiger charge is 2.38. The molecule has 1 unspecified atom stereocenters. The molecule has 0 fully saturated rings. The van der Waals surface area contributed by atoms with Crippen molar-refractivity contribution in [1.29, 1.82) is 0 Å². The van der Waals surface area contributed by atoms with Crippen LogP contribution in [0.5, 0.6) is 0 Å². The molecule has 3 N–H and O–H groups in total. The van der Waals surface area contributed by atoms with Gasteiger partial charge in [0.1, 0.15) is 5.60 Å². The first-order valence-electron chi connectivity index (χ1n) is 5.34. The molecule has 2 nitrogen and oxygen atoms in total. The Morgan fingerprint density at radius 1 is 1.31 bits per heavy atom. The second-order valence-electron chi connectivity index (χ2n) is 4.29. The normalized spacial score (nSPS) is 23.3. The number of benzene rings is 1. The van der Waals surface area contributed by atoms with E-state index in [1.165, 1.54) is 5.56 Å². The molecule has 16 heavy (non-hydrogen) atoms. The molecule has 2 aromatic rings. The molecule has 1 aliphatic rings. The molecule has 1 atom stereocenters. The van der Waals surface area contributed by atoms with E-state index in [2.05, 4.69) is 0 Å². The van der Waals surface area contributed by atoms with Crippen LogP contribution in [0.4, 0.5) is 5.69 Å². The van der Waals surface area contributed by atoms with E-state index in [0.717, 1.165) is 29.7 Å². The van der Waals surface area contributed by atoms with Crippen LogP contribution in [0.15, 0.2) is 35.0 Å². The van der Waals surface area contributed by atoms with E-state index in [1.54, 1.807) is 11.3 Å². The van der Waals surface area contributed by atoms with Crippen molar-refractivity contribution in [1.82, 2.24) is 0 Å². The van der Waals surface area contributed by atoms with E-state index in [9.17, 15) is 5.11 Å². The lowest BCUT2D eigenvalue weighted by atomic mass is 9.90. The lowest BCUT2D eigenvalue weighted by Gasteiger charge is -2.23. The molecule has 1 aromatic carbocycles. The summed E-state index contributed by atoms with van der Waals surface area (Å²) in [4.78, 5) is 0. The number of aliphatic hydroxyl groups is 1. The predicted molar refractivity (Wildman–Crippen MR) is 66.5 cm³/mol. The van der Waals surface area contributed by atoms with Gasteiger partial charge in [-0.3, -0.25) is 0 Å². The molecule has 1 aliphatic carbocycles. The summed E-state index contributed by atoms with van der Waals surface area (Å²) in [6.07, 6.45) is 1.65. The summed E-state index contributed by atoms with van der Waals surface area (Å²) in [6, 6.07) is 7.78. The molecule has 3 rings (SSSR count). The van der Waals surface area contributed by atoms with Gasteiger partial charge in [0.15, 0.2) is 0 Å². The SMILES string of the molecule is Nc1ccc2c(c1)CCC2(O)c1ccsc1. The van der Waals surface area contributed by atoms with Crippen LogP contribution < -0.4 is 5.73 Å². The number of fused-ring (bicyclic) bond motifs is 1. The third kappa shape index (κ3) is 1.29. The zero-order valence-corrected chi connectivity index (χ0v) is 9.63. The number of hydrogen-bond acceptors (Lipinski definition) is 3. The summed E-state index contributed by atoms with van der Waals surface area (Å²) in [5, 5.41) is 14.8. The molecule has 1 aromatic heterocycles. The van der Waals surface area contributed by atoms with Crippen molar-refractivity contribution in [2.75, 3.05) is 5.73 Å². The van der Waals surface area contributed by atoms with E-state index in [0.29, 0.717) is 0 Å². The lowest BCUT2D eigenvalue weighted by molar-refractivity contribution is 0.0834. The highest BCUT2D eigenvalue weighted by molar-refractivity contribution is 7.08. The fraction of sp³-hybridized carbons (Fsp3) is 0.231. The van der Waals surface area contributed by atoms with Crippen LogP contribution in [-0.4, -0.2) is 5.11 Å². The Balaban J connectivity index is 2.15. The molecular weight excluding hydrogens is 218 g/mol. The summed E-state index contributed by atoms with van der Waals surface area (Å²) in [6.45, 7) is 0. The second-order valence-corrected chi connectivity index (χ2v) is 5.07. The monoisotopic (exact) mass is 231 g/mol. The lowest BCUT2D eigenvalue weighted by Crippen LogP contribution is -2.22. The van der Waals surface area contributed by atoms with Gasteiger partial charge < -0.3 is 10.8 Å². The summed E-state index contributed by atoms with van der Waals surface area (Å²) in [5.41, 5.74) is 8.92. The minimum atomic E-state index is -0.803. The number of nitrogens with two attached hydrogens (primary N) is 1. The summed E-state index contributed by atoms with van der Waals surface area (Å²) in [7, 11) is 0. The Bertz CT molecular complexity index is 521. The van der Waals surface area contributed by atoms with E-state index in [4.69, 9.17) is 5.73 Å². The second kappa shape index (κ2) is 3.34. The van der Waals surface area contributed by atoms with E-state index in [-0.39, 0.29) is 0 Å². The maximum absolute atomic E-state index is 10.8. The summed E-state index contributed by atoms with van der Waals surface area (Å²) in [5.74, 6) is 0. The van der Waals surface area contributed by atoms with Gasteiger partial charge in [0.25, 0.3) is 0 Å². The van der Waals surface area contributed by atoms with Crippen molar-refractivity contribution < 1.29 is 5.11 Å². The van der Waals surface area contributed by atoms with Crippen LogP contribution in [0.1, 0.15) is 23.1 Å². The van der Waals surface area contributed by atoms with E-state index >= 15 is 0 Å². The highest BCUT2D eigenvalue weighted by atomic mass is 32.1.